The molecule has 0 amide bonds. The molecule has 1 aliphatic rings. The molecule has 4 nitrogen and oxygen atoms in total. The molecule has 1 fully saturated rings. The van der Waals surface area contributed by atoms with Gasteiger partial charge < -0.3 is 10.2 Å². The van der Waals surface area contributed by atoms with Gasteiger partial charge in [0.1, 0.15) is 18.0 Å². The first-order valence-electron chi connectivity index (χ1n) is 6.00. The third-order valence-electron chi connectivity index (χ3n) is 3.37. The van der Waals surface area contributed by atoms with Crippen molar-refractivity contribution in [2.45, 2.75) is 45.2 Å². The third kappa shape index (κ3) is 2.10. The standard InChI is InChI=1S/C12H20N4/c1-9-5-4-6-10(2)16(9)12-7-11(13-3)14-8-15-12/h7-10H,4-6H2,1-3H3,(H,13,14,15)/t9-,10+. The van der Waals surface area contributed by atoms with Crippen LogP contribution in [0.4, 0.5) is 11.6 Å². The number of nitrogens with one attached hydrogen (secondary N) is 1. The Hall–Kier alpha value is -1.32. The topological polar surface area (TPSA) is 41.0 Å². The predicted octanol–water partition coefficient (Wildman–Crippen LogP) is 2.29. The van der Waals surface area contributed by atoms with Gasteiger partial charge in [-0.15, -0.1) is 0 Å². The maximum absolute atomic E-state index is 4.39. The molecule has 1 aromatic heterocycles. The molecule has 2 rings (SSSR count). The van der Waals surface area contributed by atoms with Gasteiger partial charge in [0.15, 0.2) is 0 Å². The molecule has 1 aliphatic heterocycles. The summed E-state index contributed by atoms with van der Waals surface area (Å²) in [6.45, 7) is 4.55. The summed E-state index contributed by atoms with van der Waals surface area (Å²) in [6.07, 6.45) is 5.46. The Balaban J connectivity index is 2.26. The molecule has 1 saturated heterocycles. The highest BCUT2D eigenvalue weighted by Crippen LogP contribution is 2.28. The van der Waals surface area contributed by atoms with Crippen LogP contribution in [0.3, 0.4) is 0 Å². The van der Waals surface area contributed by atoms with Crippen LogP contribution >= 0.6 is 0 Å². The van der Waals surface area contributed by atoms with Crippen molar-refractivity contribution in [3.63, 3.8) is 0 Å². The largest absolute Gasteiger partial charge is 0.373 e. The summed E-state index contributed by atoms with van der Waals surface area (Å²) in [7, 11) is 1.88. The van der Waals surface area contributed by atoms with E-state index in [9.17, 15) is 0 Å². The third-order valence-corrected chi connectivity index (χ3v) is 3.37. The molecule has 4 heteroatoms. The highest BCUT2D eigenvalue weighted by atomic mass is 15.2. The molecule has 0 aromatic carbocycles. The summed E-state index contributed by atoms with van der Waals surface area (Å²) in [4.78, 5) is 10.9. The lowest BCUT2D eigenvalue weighted by molar-refractivity contribution is 0.411. The van der Waals surface area contributed by atoms with Crippen molar-refractivity contribution in [1.82, 2.24) is 9.97 Å². The summed E-state index contributed by atoms with van der Waals surface area (Å²) >= 11 is 0. The van der Waals surface area contributed by atoms with Gasteiger partial charge in [-0.25, -0.2) is 9.97 Å². The summed E-state index contributed by atoms with van der Waals surface area (Å²) in [6, 6.07) is 3.17. The number of anilines is 2. The molecule has 1 aromatic rings. The van der Waals surface area contributed by atoms with E-state index in [1.807, 2.05) is 13.1 Å². The lowest BCUT2D eigenvalue weighted by Gasteiger charge is -2.40. The molecule has 2 atom stereocenters. The highest BCUT2D eigenvalue weighted by molar-refractivity contribution is 5.49. The Morgan fingerprint density at radius 1 is 1.25 bits per heavy atom. The van der Waals surface area contributed by atoms with Crippen molar-refractivity contribution >= 4 is 11.6 Å². The summed E-state index contributed by atoms with van der Waals surface area (Å²) in [5.74, 6) is 1.93. The molecule has 0 bridgehead atoms. The van der Waals surface area contributed by atoms with Crippen molar-refractivity contribution in [2.75, 3.05) is 17.3 Å². The van der Waals surface area contributed by atoms with Crippen LogP contribution in [0.1, 0.15) is 33.1 Å². The van der Waals surface area contributed by atoms with Gasteiger partial charge in [0.25, 0.3) is 0 Å². The van der Waals surface area contributed by atoms with Gasteiger partial charge in [-0.3, -0.25) is 0 Å². The summed E-state index contributed by atoms with van der Waals surface area (Å²) < 4.78 is 0. The number of piperidine rings is 1. The van der Waals surface area contributed by atoms with E-state index in [1.54, 1.807) is 6.33 Å². The molecular weight excluding hydrogens is 200 g/mol. The Labute approximate surface area is 97.1 Å². The minimum absolute atomic E-state index is 0.573. The fourth-order valence-corrected chi connectivity index (χ4v) is 2.50. The lowest BCUT2D eigenvalue weighted by Crippen LogP contribution is -2.44. The van der Waals surface area contributed by atoms with Gasteiger partial charge in [0.2, 0.25) is 0 Å². The molecular formula is C12H20N4. The minimum Gasteiger partial charge on any atom is -0.373 e. The zero-order valence-electron chi connectivity index (χ0n) is 10.3. The van der Waals surface area contributed by atoms with Crippen molar-refractivity contribution < 1.29 is 0 Å². The predicted molar refractivity (Wildman–Crippen MR) is 66.8 cm³/mol. The molecule has 88 valence electrons. The molecule has 16 heavy (non-hydrogen) atoms. The quantitative estimate of drug-likeness (QED) is 0.830. The van der Waals surface area contributed by atoms with Crippen molar-refractivity contribution in [3.05, 3.63) is 12.4 Å². The maximum Gasteiger partial charge on any atom is 0.134 e. The van der Waals surface area contributed by atoms with E-state index < -0.39 is 0 Å². The van der Waals surface area contributed by atoms with Gasteiger partial charge in [-0.05, 0) is 33.1 Å². The zero-order valence-corrected chi connectivity index (χ0v) is 10.3. The summed E-state index contributed by atoms with van der Waals surface area (Å²) in [5, 5.41) is 3.06. The average molecular weight is 220 g/mol. The average Bonchev–Trinajstić information content (AvgIpc) is 2.29. The Kier molecular flexibility index (Phi) is 3.27. The van der Waals surface area contributed by atoms with Crippen molar-refractivity contribution in [1.29, 1.82) is 0 Å². The second-order valence-electron chi connectivity index (χ2n) is 4.55. The van der Waals surface area contributed by atoms with E-state index in [4.69, 9.17) is 0 Å². The monoisotopic (exact) mass is 220 g/mol. The van der Waals surface area contributed by atoms with Gasteiger partial charge >= 0.3 is 0 Å². The van der Waals surface area contributed by atoms with E-state index in [-0.39, 0.29) is 0 Å². The number of nitrogens with zero attached hydrogens (tertiary/aromatic N) is 3. The lowest BCUT2D eigenvalue weighted by atomic mass is 9.97. The van der Waals surface area contributed by atoms with E-state index in [0.29, 0.717) is 12.1 Å². The normalized spacial score (nSPS) is 25.6. The van der Waals surface area contributed by atoms with E-state index in [0.717, 1.165) is 11.6 Å². The molecule has 0 unspecified atom stereocenters. The van der Waals surface area contributed by atoms with Crippen LogP contribution in [-0.4, -0.2) is 29.1 Å². The van der Waals surface area contributed by atoms with Crippen LogP contribution in [0.15, 0.2) is 12.4 Å². The van der Waals surface area contributed by atoms with Gasteiger partial charge in [-0.2, -0.15) is 0 Å². The van der Waals surface area contributed by atoms with Crippen LogP contribution in [-0.2, 0) is 0 Å². The second kappa shape index (κ2) is 4.68. The molecule has 1 N–H and O–H groups in total. The first-order chi connectivity index (χ1) is 7.72. The Morgan fingerprint density at radius 3 is 2.56 bits per heavy atom. The molecule has 2 heterocycles. The van der Waals surface area contributed by atoms with Crippen LogP contribution in [0.2, 0.25) is 0 Å². The van der Waals surface area contributed by atoms with Crippen LogP contribution < -0.4 is 10.2 Å². The number of aromatic nitrogens is 2. The fourth-order valence-electron chi connectivity index (χ4n) is 2.50. The Morgan fingerprint density at radius 2 is 1.94 bits per heavy atom. The van der Waals surface area contributed by atoms with E-state index in [2.05, 4.69) is 34.0 Å². The SMILES string of the molecule is CNc1cc(N2[C@H](C)CCC[C@@H]2C)ncn1. The van der Waals surface area contributed by atoms with Gasteiger partial charge in [0, 0.05) is 25.2 Å². The number of hydrogen-bond donors (Lipinski definition) is 1. The van der Waals surface area contributed by atoms with Gasteiger partial charge in [-0.1, -0.05) is 0 Å². The molecule has 0 aliphatic carbocycles. The smallest absolute Gasteiger partial charge is 0.134 e. The summed E-state index contributed by atoms with van der Waals surface area (Å²) in [5.41, 5.74) is 0. The fraction of sp³-hybridized carbons (Fsp3) is 0.667. The zero-order chi connectivity index (χ0) is 11.5. The number of rotatable bonds is 2. The molecule has 0 spiro atoms. The first kappa shape index (κ1) is 11.2. The van der Waals surface area contributed by atoms with Gasteiger partial charge in [0.05, 0.1) is 0 Å². The van der Waals surface area contributed by atoms with Crippen molar-refractivity contribution in [2.24, 2.45) is 0 Å². The molecule has 0 radical (unpaired) electrons. The van der Waals surface area contributed by atoms with Crippen molar-refractivity contribution in [3.8, 4) is 0 Å². The van der Waals surface area contributed by atoms with Crippen LogP contribution in [0.25, 0.3) is 0 Å². The van der Waals surface area contributed by atoms with E-state index >= 15 is 0 Å². The second-order valence-corrected chi connectivity index (χ2v) is 4.55. The maximum atomic E-state index is 4.39. The minimum atomic E-state index is 0.573. The first-order valence-corrected chi connectivity index (χ1v) is 6.00. The van der Waals surface area contributed by atoms with Crippen LogP contribution in [0, 0.1) is 0 Å². The highest BCUT2D eigenvalue weighted by Gasteiger charge is 2.25. The number of hydrogen-bond acceptors (Lipinski definition) is 4. The van der Waals surface area contributed by atoms with E-state index in [1.165, 1.54) is 19.3 Å². The molecule has 0 saturated carbocycles. The Bertz CT molecular complexity index is 343. The van der Waals surface area contributed by atoms with Crippen LogP contribution in [0.5, 0.6) is 0 Å².